The van der Waals surface area contributed by atoms with Gasteiger partial charge < -0.3 is 4.98 Å². The van der Waals surface area contributed by atoms with Crippen molar-refractivity contribution in [2.75, 3.05) is 6.54 Å². The largest absolute Gasteiger partial charge is 0.357 e. The summed E-state index contributed by atoms with van der Waals surface area (Å²) >= 11 is 12.9. The van der Waals surface area contributed by atoms with Crippen LogP contribution in [0.2, 0.25) is 10.2 Å². The summed E-state index contributed by atoms with van der Waals surface area (Å²) in [6, 6.07) is 12.5. The van der Waals surface area contributed by atoms with E-state index in [4.69, 9.17) is 23.2 Å². The molecular formula is C21H19Cl2N5. The van der Waals surface area contributed by atoms with Crippen molar-refractivity contribution in [3.8, 4) is 11.4 Å². The highest BCUT2D eigenvalue weighted by molar-refractivity contribution is 6.44. The monoisotopic (exact) mass is 411 g/mol. The molecule has 5 rings (SSSR count). The van der Waals surface area contributed by atoms with Gasteiger partial charge in [0.25, 0.3) is 0 Å². The Labute approximate surface area is 172 Å². The number of hydrogen-bond donors (Lipinski definition) is 1. The first kappa shape index (κ1) is 17.7. The molecule has 0 spiro atoms. The van der Waals surface area contributed by atoms with Crippen LogP contribution in [0.4, 0.5) is 0 Å². The normalized spacial score (nSPS) is 14.5. The van der Waals surface area contributed by atoms with Gasteiger partial charge in [-0.15, -0.1) is 0 Å². The van der Waals surface area contributed by atoms with Crippen LogP contribution in [-0.2, 0) is 26.6 Å². The molecule has 0 fully saturated rings. The Morgan fingerprint density at radius 3 is 2.71 bits per heavy atom. The van der Waals surface area contributed by atoms with Crippen LogP contribution < -0.4 is 0 Å². The van der Waals surface area contributed by atoms with Gasteiger partial charge in [-0.3, -0.25) is 9.58 Å². The molecule has 3 aromatic heterocycles. The Balaban J connectivity index is 1.62. The van der Waals surface area contributed by atoms with E-state index in [2.05, 4.69) is 44.2 Å². The van der Waals surface area contributed by atoms with E-state index in [1.807, 2.05) is 25.4 Å². The summed E-state index contributed by atoms with van der Waals surface area (Å²) in [7, 11) is 1.90. The first-order valence-corrected chi connectivity index (χ1v) is 10.0. The van der Waals surface area contributed by atoms with Crippen LogP contribution in [0.3, 0.4) is 0 Å². The first-order valence-electron chi connectivity index (χ1n) is 9.25. The number of rotatable bonds is 3. The van der Waals surface area contributed by atoms with E-state index in [1.165, 1.54) is 16.8 Å². The fourth-order valence-corrected chi connectivity index (χ4v) is 4.35. The number of nitrogens with zero attached hydrogens (tertiary/aromatic N) is 4. The van der Waals surface area contributed by atoms with Gasteiger partial charge in [0, 0.05) is 50.4 Å². The van der Waals surface area contributed by atoms with Crippen molar-refractivity contribution in [3.05, 3.63) is 69.6 Å². The van der Waals surface area contributed by atoms with Crippen LogP contribution in [0.5, 0.6) is 0 Å². The van der Waals surface area contributed by atoms with Gasteiger partial charge in [-0.1, -0.05) is 53.5 Å². The highest BCUT2D eigenvalue weighted by atomic mass is 35.5. The molecule has 1 aromatic carbocycles. The second-order valence-corrected chi connectivity index (χ2v) is 7.95. The molecule has 7 heteroatoms. The Morgan fingerprint density at radius 2 is 1.96 bits per heavy atom. The van der Waals surface area contributed by atoms with Crippen LogP contribution in [0.1, 0.15) is 16.8 Å². The molecule has 0 unspecified atom stereocenters. The Kier molecular flexibility index (Phi) is 4.38. The molecule has 0 saturated heterocycles. The van der Waals surface area contributed by atoms with Gasteiger partial charge in [0.05, 0.1) is 5.52 Å². The maximum Gasteiger partial charge on any atom is 0.150 e. The molecule has 0 bridgehead atoms. The van der Waals surface area contributed by atoms with Crippen molar-refractivity contribution in [3.63, 3.8) is 0 Å². The lowest BCUT2D eigenvalue weighted by Crippen LogP contribution is -2.29. The number of pyridine rings is 1. The predicted molar refractivity (Wildman–Crippen MR) is 113 cm³/mol. The minimum Gasteiger partial charge on any atom is -0.357 e. The van der Waals surface area contributed by atoms with E-state index in [0.29, 0.717) is 10.2 Å². The predicted octanol–water partition coefficient (Wildman–Crippen LogP) is 4.83. The number of aryl methyl sites for hydroxylation is 1. The summed E-state index contributed by atoms with van der Waals surface area (Å²) in [6.07, 6.45) is 2.85. The second-order valence-electron chi connectivity index (χ2n) is 7.22. The van der Waals surface area contributed by atoms with E-state index in [1.54, 1.807) is 4.68 Å². The third-order valence-corrected chi connectivity index (χ3v) is 6.04. The number of benzene rings is 1. The molecule has 1 aliphatic rings. The van der Waals surface area contributed by atoms with Crippen molar-refractivity contribution in [2.24, 2.45) is 7.05 Å². The standard InChI is InChI=1S/C21H19Cl2N5/c1-27-9-7-16(26-27)19-17-14-12-28(11-13-5-3-2-4-6-13)10-8-15(14)24-20(17)18(22)21(23)25-19/h2-7,9,24H,8,10-12H2,1H3. The van der Waals surface area contributed by atoms with Crippen molar-refractivity contribution in [2.45, 2.75) is 19.5 Å². The van der Waals surface area contributed by atoms with Crippen LogP contribution in [0.15, 0.2) is 42.6 Å². The number of H-pyrrole nitrogens is 1. The lowest BCUT2D eigenvalue weighted by molar-refractivity contribution is 0.246. The molecule has 4 aromatic rings. The SMILES string of the molecule is Cn1ccc(-c2nc(Cl)c(Cl)c3[nH]c4c(c23)CN(Cc2ccccc2)CC4)n1. The summed E-state index contributed by atoms with van der Waals surface area (Å²) < 4.78 is 1.77. The molecule has 142 valence electrons. The van der Waals surface area contributed by atoms with Crippen LogP contribution in [-0.4, -0.2) is 31.2 Å². The fraction of sp³-hybridized carbons (Fsp3) is 0.238. The summed E-state index contributed by atoms with van der Waals surface area (Å²) in [4.78, 5) is 10.6. The molecule has 5 nitrogen and oxygen atoms in total. The molecular weight excluding hydrogens is 393 g/mol. The van der Waals surface area contributed by atoms with Gasteiger partial charge in [-0.05, 0) is 17.2 Å². The number of fused-ring (bicyclic) bond motifs is 3. The van der Waals surface area contributed by atoms with E-state index in [0.717, 1.165) is 48.3 Å². The van der Waals surface area contributed by atoms with Crippen LogP contribution in [0, 0.1) is 0 Å². The van der Waals surface area contributed by atoms with Gasteiger partial charge in [0.2, 0.25) is 0 Å². The lowest BCUT2D eigenvalue weighted by Gasteiger charge is -2.27. The van der Waals surface area contributed by atoms with Gasteiger partial charge >= 0.3 is 0 Å². The average molecular weight is 412 g/mol. The zero-order valence-corrected chi connectivity index (χ0v) is 16.9. The second kappa shape index (κ2) is 6.92. The Morgan fingerprint density at radius 1 is 1.14 bits per heavy atom. The van der Waals surface area contributed by atoms with Gasteiger partial charge in [0.15, 0.2) is 5.15 Å². The van der Waals surface area contributed by atoms with Crippen LogP contribution in [0.25, 0.3) is 22.3 Å². The highest BCUT2D eigenvalue weighted by Crippen LogP contribution is 2.40. The number of nitrogens with one attached hydrogen (secondary N) is 1. The maximum atomic E-state index is 6.51. The zero-order valence-electron chi connectivity index (χ0n) is 15.4. The summed E-state index contributed by atoms with van der Waals surface area (Å²) in [5, 5.41) is 6.34. The molecule has 0 aliphatic carbocycles. The van der Waals surface area contributed by atoms with Crippen molar-refractivity contribution in [1.82, 2.24) is 24.6 Å². The fourth-order valence-electron chi connectivity index (χ4n) is 3.99. The topological polar surface area (TPSA) is 49.7 Å². The third kappa shape index (κ3) is 3.00. The van der Waals surface area contributed by atoms with Gasteiger partial charge in [0.1, 0.15) is 16.4 Å². The number of halogens is 2. The van der Waals surface area contributed by atoms with E-state index < -0.39 is 0 Å². The van der Waals surface area contributed by atoms with Crippen molar-refractivity contribution < 1.29 is 0 Å². The Hall–Kier alpha value is -2.34. The molecule has 1 N–H and O–H groups in total. The highest BCUT2D eigenvalue weighted by Gasteiger charge is 2.26. The van der Waals surface area contributed by atoms with Crippen molar-refractivity contribution >= 4 is 34.1 Å². The van der Waals surface area contributed by atoms with E-state index in [9.17, 15) is 0 Å². The molecule has 0 atom stereocenters. The molecule has 0 radical (unpaired) electrons. The Bertz CT molecular complexity index is 1160. The first-order chi connectivity index (χ1) is 13.6. The maximum absolute atomic E-state index is 6.51. The lowest BCUT2D eigenvalue weighted by atomic mass is 10.0. The smallest absolute Gasteiger partial charge is 0.150 e. The molecule has 28 heavy (non-hydrogen) atoms. The molecule has 4 heterocycles. The van der Waals surface area contributed by atoms with Gasteiger partial charge in [-0.25, -0.2) is 4.98 Å². The molecule has 0 amide bonds. The van der Waals surface area contributed by atoms with Gasteiger partial charge in [-0.2, -0.15) is 5.10 Å². The zero-order chi connectivity index (χ0) is 19.3. The summed E-state index contributed by atoms with van der Waals surface area (Å²) in [5.74, 6) is 0. The number of hydrogen-bond acceptors (Lipinski definition) is 3. The quantitative estimate of drug-likeness (QED) is 0.491. The van der Waals surface area contributed by atoms with Crippen molar-refractivity contribution in [1.29, 1.82) is 0 Å². The summed E-state index contributed by atoms with van der Waals surface area (Å²) in [5.41, 5.74) is 6.20. The molecule has 1 aliphatic heterocycles. The van der Waals surface area contributed by atoms with E-state index >= 15 is 0 Å². The third-order valence-electron chi connectivity index (χ3n) is 5.30. The minimum absolute atomic E-state index is 0.301. The van der Waals surface area contributed by atoms with Crippen LogP contribution >= 0.6 is 23.2 Å². The number of aromatic nitrogens is 4. The minimum atomic E-state index is 0.301. The number of aromatic amines is 1. The average Bonchev–Trinajstić information content (AvgIpc) is 3.29. The summed E-state index contributed by atoms with van der Waals surface area (Å²) in [6.45, 7) is 2.75. The van der Waals surface area contributed by atoms with E-state index in [-0.39, 0.29) is 0 Å². The molecule has 0 saturated carbocycles.